The second-order valence-corrected chi connectivity index (χ2v) is 6.83. The van der Waals surface area contributed by atoms with E-state index in [1.54, 1.807) is 6.07 Å². The van der Waals surface area contributed by atoms with Gasteiger partial charge in [-0.15, -0.1) is 0 Å². The maximum atomic E-state index is 12.2. The smallest absolute Gasteiger partial charge is 0.475 e. The SMILES string of the molecule is Cc1cccc(NC(=O)Nc2cccc(CNc3cn[nH]c3C(N)=O)c2)c1.O=C(O)C(F)(F)F. The first-order valence-corrected chi connectivity index (χ1v) is 9.56. The summed E-state index contributed by atoms with van der Waals surface area (Å²) in [4.78, 5) is 32.4. The second-order valence-electron chi connectivity index (χ2n) is 6.83. The molecule has 34 heavy (non-hydrogen) atoms. The molecule has 0 bridgehead atoms. The fraction of sp³-hybridized carbons (Fsp3) is 0.143. The number of nitrogens with two attached hydrogens (primary N) is 1. The highest BCUT2D eigenvalue weighted by atomic mass is 19.4. The molecule has 0 saturated carbocycles. The van der Waals surface area contributed by atoms with Crippen LogP contribution in [0.5, 0.6) is 0 Å². The third kappa shape index (κ3) is 8.18. The number of H-pyrrole nitrogens is 1. The van der Waals surface area contributed by atoms with E-state index in [1.807, 2.05) is 49.4 Å². The maximum absolute atomic E-state index is 12.2. The number of amides is 3. The van der Waals surface area contributed by atoms with Crippen molar-refractivity contribution in [3.05, 3.63) is 71.5 Å². The summed E-state index contributed by atoms with van der Waals surface area (Å²) in [5.74, 6) is -3.34. The van der Waals surface area contributed by atoms with Crippen molar-refractivity contribution in [1.29, 1.82) is 0 Å². The van der Waals surface area contributed by atoms with Gasteiger partial charge in [0.15, 0.2) is 0 Å². The van der Waals surface area contributed by atoms with Gasteiger partial charge in [-0.2, -0.15) is 18.3 Å². The van der Waals surface area contributed by atoms with E-state index >= 15 is 0 Å². The first-order valence-electron chi connectivity index (χ1n) is 9.56. The first kappa shape index (κ1) is 25.7. The molecule has 0 saturated heterocycles. The molecular formula is C21H21F3N6O4. The van der Waals surface area contributed by atoms with Gasteiger partial charge in [0.05, 0.1) is 11.9 Å². The Bertz CT molecular complexity index is 1160. The summed E-state index contributed by atoms with van der Waals surface area (Å²) in [5, 5.41) is 22.2. The van der Waals surface area contributed by atoms with Gasteiger partial charge in [-0.05, 0) is 42.3 Å². The van der Waals surface area contributed by atoms with Crippen LogP contribution in [-0.2, 0) is 11.3 Å². The summed E-state index contributed by atoms with van der Waals surface area (Å²) in [7, 11) is 0. The lowest BCUT2D eigenvalue weighted by Gasteiger charge is -2.10. The van der Waals surface area contributed by atoms with Crippen molar-refractivity contribution in [1.82, 2.24) is 10.2 Å². The summed E-state index contributed by atoms with van der Waals surface area (Å²) in [6.07, 6.45) is -3.59. The molecule has 10 nitrogen and oxygen atoms in total. The number of urea groups is 1. The van der Waals surface area contributed by atoms with Gasteiger partial charge in [-0.1, -0.05) is 24.3 Å². The Morgan fingerprint density at radius 3 is 2.21 bits per heavy atom. The van der Waals surface area contributed by atoms with E-state index in [2.05, 4.69) is 26.1 Å². The van der Waals surface area contributed by atoms with Gasteiger partial charge >= 0.3 is 18.2 Å². The molecule has 1 aromatic heterocycles. The number of aromatic amines is 1. The number of carbonyl (C=O) groups excluding carboxylic acids is 2. The van der Waals surface area contributed by atoms with Crippen LogP contribution < -0.4 is 21.7 Å². The Balaban J connectivity index is 0.000000509. The van der Waals surface area contributed by atoms with Crippen LogP contribution >= 0.6 is 0 Å². The highest BCUT2D eigenvalue weighted by molar-refractivity contribution is 5.99. The summed E-state index contributed by atoms with van der Waals surface area (Å²) in [6, 6.07) is 14.6. The summed E-state index contributed by atoms with van der Waals surface area (Å²) in [5.41, 5.74) is 9.39. The molecule has 3 aromatic rings. The number of aryl methyl sites for hydroxylation is 1. The third-order valence-corrected chi connectivity index (χ3v) is 4.07. The minimum atomic E-state index is -5.08. The van der Waals surface area contributed by atoms with Gasteiger partial charge < -0.3 is 26.8 Å². The molecule has 1 heterocycles. The minimum absolute atomic E-state index is 0.224. The quantitative estimate of drug-likeness (QED) is 0.316. The standard InChI is InChI=1S/C19H20N6O2.C2HF3O2/c1-12-4-2-6-14(8-12)23-19(27)24-15-7-3-5-13(9-15)10-21-16-11-22-25-17(16)18(20)26;3-2(4,5)1(6)7/h2-9,11,21H,10H2,1H3,(H2,20,26)(H,22,25)(H2,23,24,27);(H,6,7). The number of carbonyl (C=O) groups is 3. The number of primary amides is 1. The second kappa shape index (κ2) is 11.4. The first-order chi connectivity index (χ1) is 16.0. The molecular weight excluding hydrogens is 457 g/mol. The zero-order valence-electron chi connectivity index (χ0n) is 17.7. The molecule has 2 aromatic carbocycles. The Labute approximate surface area is 191 Å². The number of carboxylic acids is 1. The number of hydrogen-bond donors (Lipinski definition) is 6. The van der Waals surface area contributed by atoms with Gasteiger partial charge in [-0.25, -0.2) is 9.59 Å². The van der Waals surface area contributed by atoms with Crippen LogP contribution in [0.4, 0.5) is 35.0 Å². The van der Waals surface area contributed by atoms with Crippen LogP contribution in [0.2, 0.25) is 0 Å². The van der Waals surface area contributed by atoms with Crippen molar-refractivity contribution in [2.75, 3.05) is 16.0 Å². The molecule has 0 aliphatic carbocycles. The van der Waals surface area contributed by atoms with Gasteiger partial charge in [0.2, 0.25) is 0 Å². The van der Waals surface area contributed by atoms with Crippen molar-refractivity contribution in [2.45, 2.75) is 19.6 Å². The average Bonchev–Trinajstić information content (AvgIpc) is 3.21. The zero-order chi connectivity index (χ0) is 25.3. The van der Waals surface area contributed by atoms with Crippen molar-refractivity contribution < 1.29 is 32.7 Å². The van der Waals surface area contributed by atoms with Crippen LogP contribution in [0.15, 0.2) is 54.7 Å². The van der Waals surface area contributed by atoms with Gasteiger partial charge in [0, 0.05) is 17.9 Å². The number of hydrogen-bond acceptors (Lipinski definition) is 5. The highest BCUT2D eigenvalue weighted by Gasteiger charge is 2.38. The Morgan fingerprint density at radius 2 is 1.65 bits per heavy atom. The van der Waals surface area contributed by atoms with Crippen molar-refractivity contribution in [2.24, 2.45) is 5.73 Å². The predicted molar refractivity (Wildman–Crippen MR) is 118 cm³/mol. The summed E-state index contributed by atoms with van der Waals surface area (Å²) >= 11 is 0. The highest BCUT2D eigenvalue weighted by Crippen LogP contribution is 2.16. The zero-order valence-corrected chi connectivity index (χ0v) is 17.7. The molecule has 0 radical (unpaired) electrons. The van der Waals surface area contributed by atoms with E-state index < -0.39 is 18.1 Å². The van der Waals surface area contributed by atoms with Crippen LogP contribution in [0.3, 0.4) is 0 Å². The average molecular weight is 478 g/mol. The number of rotatable bonds is 6. The molecule has 0 atom stereocenters. The molecule has 3 rings (SSSR count). The number of nitrogens with zero attached hydrogens (tertiary/aromatic N) is 1. The molecule has 13 heteroatoms. The fourth-order valence-corrected chi connectivity index (χ4v) is 2.58. The van der Waals surface area contributed by atoms with Crippen molar-refractivity contribution in [3.63, 3.8) is 0 Å². The summed E-state index contributed by atoms with van der Waals surface area (Å²) < 4.78 is 31.7. The van der Waals surface area contributed by atoms with Gasteiger partial charge in [0.1, 0.15) is 5.69 Å². The van der Waals surface area contributed by atoms with Crippen molar-refractivity contribution in [3.8, 4) is 0 Å². The molecule has 0 unspecified atom stereocenters. The molecule has 7 N–H and O–H groups in total. The molecule has 180 valence electrons. The lowest BCUT2D eigenvalue weighted by atomic mass is 10.2. The number of halogens is 3. The number of alkyl halides is 3. The summed E-state index contributed by atoms with van der Waals surface area (Å²) in [6.45, 7) is 2.40. The number of anilines is 3. The van der Waals surface area contributed by atoms with Crippen molar-refractivity contribution >= 4 is 35.0 Å². The third-order valence-electron chi connectivity index (χ3n) is 4.07. The maximum Gasteiger partial charge on any atom is 0.490 e. The van der Waals surface area contributed by atoms with E-state index in [1.165, 1.54) is 6.20 Å². The van der Waals surface area contributed by atoms with Crippen LogP contribution in [0, 0.1) is 6.92 Å². The lowest BCUT2D eigenvalue weighted by molar-refractivity contribution is -0.192. The number of carboxylic acid groups (broad SMARTS) is 1. The lowest BCUT2D eigenvalue weighted by Crippen LogP contribution is -2.21. The minimum Gasteiger partial charge on any atom is -0.475 e. The molecule has 0 spiro atoms. The van der Waals surface area contributed by atoms with Gasteiger partial charge in [-0.3, -0.25) is 9.89 Å². The Morgan fingerprint density at radius 1 is 1.06 bits per heavy atom. The largest absolute Gasteiger partial charge is 0.490 e. The normalized spacial score (nSPS) is 10.5. The van der Waals surface area contributed by atoms with E-state index in [0.29, 0.717) is 17.9 Å². The van der Waals surface area contributed by atoms with E-state index in [4.69, 9.17) is 15.6 Å². The van der Waals surface area contributed by atoms with E-state index in [9.17, 15) is 22.8 Å². The van der Waals surface area contributed by atoms with Crippen LogP contribution in [-0.4, -0.2) is 39.4 Å². The molecule has 3 amide bonds. The number of aliphatic carboxylic acids is 1. The molecule has 0 aliphatic rings. The Hall–Kier alpha value is -4.55. The topological polar surface area (TPSA) is 162 Å². The van der Waals surface area contributed by atoms with Crippen LogP contribution in [0.25, 0.3) is 0 Å². The molecule has 0 fully saturated rings. The van der Waals surface area contributed by atoms with Gasteiger partial charge in [0.25, 0.3) is 5.91 Å². The Kier molecular flexibility index (Phi) is 8.59. The van der Waals surface area contributed by atoms with E-state index in [0.717, 1.165) is 16.8 Å². The van der Waals surface area contributed by atoms with Crippen LogP contribution in [0.1, 0.15) is 21.6 Å². The monoisotopic (exact) mass is 478 g/mol. The number of nitrogens with one attached hydrogen (secondary N) is 4. The fourth-order valence-electron chi connectivity index (χ4n) is 2.58. The predicted octanol–water partition coefficient (Wildman–Crippen LogP) is 3.71. The number of benzene rings is 2. The number of aromatic nitrogens is 2. The molecule has 0 aliphatic heterocycles. The van der Waals surface area contributed by atoms with E-state index in [-0.39, 0.29) is 11.7 Å².